The zero-order valence-corrected chi connectivity index (χ0v) is 17.9. The summed E-state index contributed by atoms with van der Waals surface area (Å²) in [6, 6.07) is -1.06. The van der Waals surface area contributed by atoms with Gasteiger partial charge in [0.15, 0.2) is 0 Å². The third kappa shape index (κ3) is 34.6. The van der Waals surface area contributed by atoms with E-state index >= 15 is 0 Å². The van der Waals surface area contributed by atoms with Gasteiger partial charge < -0.3 is 43.1 Å². The minimum Gasteiger partial charge on any atom is -0.481 e. The molecule has 0 radical (unpaired) electrons. The lowest BCUT2D eigenvalue weighted by Crippen LogP contribution is -2.30. The molecule has 0 aromatic rings. The first-order chi connectivity index (χ1) is 14.5. The Morgan fingerprint density at radius 3 is 1.62 bits per heavy atom. The summed E-state index contributed by atoms with van der Waals surface area (Å²) in [6.45, 7) is 2.62. The normalized spacial score (nSPS) is 11.6. The Bertz CT molecular complexity index is 560. The van der Waals surface area contributed by atoms with Crippen molar-refractivity contribution in [3.8, 4) is 0 Å². The highest BCUT2D eigenvalue weighted by Crippen LogP contribution is 1.93. The van der Waals surface area contributed by atoms with E-state index in [0.717, 1.165) is 32.5 Å². The predicted molar refractivity (Wildman–Crippen MR) is 116 cm³/mol. The summed E-state index contributed by atoms with van der Waals surface area (Å²) in [7, 11) is 0. The monoisotopic (exact) mass is 468 g/mol. The topological polar surface area (TPSA) is 288 Å². The average Bonchev–Trinajstić information content (AvgIpc) is 3.29. The first kappa shape index (κ1) is 36.4. The summed E-state index contributed by atoms with van der Waals surface area (Å²) in [6.07, 6.45) is 5.51. The fourth-order valence-electron chi connectivity index (χ4n) is 1.47. The highest BCUT2D eigenvalue weighted by molar-refractivity contribution is 6.32. The molecule has 0 aliphatic carbocycles. The zero-order valence-electron chi connectivity index (χ0n) is 17.9. The first-order valence-electron chi connectivity index (χ1n) is 9.56. The largest absolute Gasteiger partial charge is 0.481 e. The number of Topliss-reactive ketones (excluding diaryl/α,β-unsaturated/α-hetero) is 1. The molecule has 0 aromatic carbocycles. The number of carbonyl (C=O) groups is 5. The maximum atomic E-state index is 10.2. The van der Waals surface area contributed by atoms with Gasteiger partial charge in [-0.3, -0.25) is 24.2 Å². The second kappa shape index (κ2) is 26.1. The third-order valence-corrected chi connectivity index (χ3v) is 3.20. The summed E-state index contributed by atoms with van der Waals surface area (Å²) in [4.78, 5) is 53.6. The fraction of sp³-hybridized carbons (Fsp3) is 0.667. The van der Waals surface area contributed by atoms with Crippen LogP contribution in [0.5, 0.6) is 0 Å². The van der Waals surface area contributed by atoms with Crippen LogP contribution in [0.1, 0.15) is 51.4 Å². The Morgan fingerprint density at radius 1 is 0.875 bits per heavy atom. The number of ketones is 1. The summed E-state index contributed by atoms with van der Waals surface area (Å²) < 4.78 is 0. The van der Waals surface area contributed by atoms with Crippen molar-refractivity contribution in [1.82, 2.24) is 0 Å². The summed E-state index contributed by atoms with van der Waals surface area (Å²) in [5, 5.41) is 32.2. The Hall–Kier alpha value is -2.94. The van der Waals surface area contributed by atoms with Crippen molar-refractivity contribution < 1.29 is 49.9 Å². The number of nitrogens with zero attached hydrogens (tertiary/aromatic N) is 1. The first-order valence-corrected chi connectivity index (χ1v) is 9.56. The molecule has 1 aliphatic rings. The summed E-state index contributed by atoms with van der Waals surface area (Å²) in [5.41, 5.74) is 15.3. The molecule has 188 valence electrons. The van der Waals surface area contributed by atoms with Gasteiger partial charge in [0.25, 0.3) is 0 Å². The van der Waals surface area contributed by atoms with Gasteiger partial charge in [0.05, 0.1) is 6.42 Å². The lowest BCUT2D eigenvalue weighted by molar-refractivity contribution is -0.150. The van der Waals surface area contributed by atoms with Crippen molar-refractivity contribution in [2.75, 3.05) is 19.6 Å². The van der Waals surface area contributed by atoms with Crippen LogP contribution in [0.4, 0.5) is 0 Å². The van der Waals surface area contributed by atoms with Crippen LogP contribution in [0.15, 0.2) is 4.99 Å². The molecule has 14 heteroatoms. The van der Waals surface area contributed by atoms with Crippen LogP contribution in [-0.2, 0) is 24.0 Å². The molecule has 0 unspecified atom stereocenters. The molecule has 0 amide bonds. The SMILES string of the molecule is C1=NCCC1.NCCCCN.N[C@@H](CCC(=O)O)C(=O)O.O.O=C(O)CCC(=O)C(=O)O. The van der Waals surface area contributed by atoms with Crippen LogP contribution in [0.2, 0.25) is 0 Å². The summed E-state index contributed by atoms with van der Waals surface area (Å²) in [5.74, 6) is -6.02. The second-order valence-electron chi connectivity index (χ2n) is 6.01. The molecule has 0 spiro atoms. The lowest BCUT2D eigenvalue weighted by atomic mass is 10.2. The standard InChI is InChI=1S/C5H9NO4.C5H6O5.C4H12N2.C4H7N.H2O/c2*6-3(5(9)10)1-2-4(7)8;5-3-1-2-4-6;1-2-4-5-3-1;/h3H,1-2,6H2,(H,7,8)(H,9,10);1-2H2,(H,7,8)(H,9,10);1-6H2;3H,1-2,4H2;1H2/t3-;;;;/m0..../s1. The second-order valence-corrected chi connectivity index (χ2v) is 6.01. The van der Waals surface area contributed by atoms with Gasteiger partial charge in [-0.1, -0.05) is 0 Å². The molecular formula is C18H36N4O10. The van der Waals surface area contributed by atoms with E-state index < -0.39 is 48.5 Å². The van der Waals surface area contributed by atoms with Crippen LogP contribution in [0, 0.1) is 0 Å². The predicted octanol–water partition coefficient (Wildman–Crippen LogP) is -1.52. The minimum absolute atomic E-state index is 0. The van der Waals surface area contributed by atoms with E-state index in [4.69, 9.17) is 37.6 Å². The zero-order chi connectivity index (χ0) is 24.7. The third-order valence-electron chi connectivity index (χ3n) is 3.20. The maximum Gasteiger partial charge on any atom is 0.372 e. The van der Waals surface area contributed by atoms with Gasteiger partial charge >= 0.3 is 23.9 Å². The van der Waals surface area contributed by atoms with Crippen LogP contribution in [-0.4, -0.2) is 87.5 Å². The number of rotatable bonds is 11. The van der Waals surface area contributed by atoms with Gasteiger partial charge in [-0.15, -0.1) is 0 Å². The Balaban J connectivity index is -0.000000167. The lowest BCUT2D eigenvalue weighted by Gasteiger charge is -2.01. The van der Waals surface area contributed by atoms with Gasteiger partial charge in [0.2, 0.25) is 5.78 Å². The molecule has 14 nitrogen and oxygen atoms in total. The number of hydrogen-bond acceptors (Lipinski definition) is 9. The van der Waals surface area contributed by atoms with E-state index in [1.54, 1.807) is 0 Å². The number of hydrogen-bond donors (Lipinski definition) is 7. The van der Waals surface area contributed by atoms with E-state index in [9.17, 15) is 24.0 Å². The molecular weight excluding hydrogens is 432 g/mol. The van der Waals surface area contributed by atoms with Gasteiger partial charge in [0.1, 0.15) is 6.04 Å². The molecule has 0 saturated heterocycles. The Labute approximate surface area is 185 Å². The van der Waals surface area contributed by atoms with Crippen molar-refractivity contribution in [3.63, 3.8) is 0 Å². The molecule has 32 heavy (non-hydrogen) atoms. The van der Waals surface area contributed by atoms with Gasteiger partial charge in [-0.2, -0.15) is 0 Å². The molecule has 1 aliphatic heterocycles. The maximum absolute atomic E-state index is 10.2. The van der Waals surface area contributed by atoms with E-state index in [1.807, 2.05) is 6.21 Å². The number of unbranched alkanes of at least 4 members (excludes halogenated alkanes) is 1. The number of carboxylic acid groups (broad SMARTS) is 4. The Morgan fingerprint density at radius 2 is 1.38 bits per heavy atom. The summed E-state index contributed by atoms with van der Waals surface area (Å²) >= 11 is 0. The minimum atomic E-state index is -1.58. The highest BCUT2D eigenvalue weighted by Gasteiger charge is 2.12. The van der Waals surface area contributed by atoms with Gasteiger partial charge in [0, 0.05) is 19.4 Å². The quantitative estimate of drug-likeness (QED) is 0.134. The van der Waals surface area contributed by atoms with Gasteiger partial charge in [-0.25, -0.2) is 4.79 Å². The van der Waals surface area contributed by atoms with Crippen molar-refractivity contribution in [2.24, 2.45) is 22.2 Å². The van der Waals surface area contributed by atoms with Crippen LogP contribution < -0.4 is 17.2 Å². The number of carboxylic acids is 4. The molecule has 0 bridgehead atoms. The van der Waals surface area contributed by atoms with Crippen LogP contribution in [0.3, 0.4) is 0 Å². The van der Waals surface area contributed by atoms with E-state index in [1.165, 1.54) is 12.8 Å². The molecule has 12 N–H and O–H groups in total. The molecule has 0 saturated carbocycles. The van der Waals surface area contributed by atoms with Crippen molar-refractivity contribution >= 4 is 35.9 Å². The molecule has 1 rings (SSSR count). The number of carbonyl (C=O) groups excluding carboxylic acids is 1. The van der Waals surface area contributed by atoms with Crippen LogP contribution in [0.25, 0.3) is 0 Å². The fourth-order valence-corrected chi connectivity index (χ4v) is 1.47. The number of aliphatic imine (C=N–C) groups is 1. The van der Waals surface area contributed by atoms with Crippen molar-refractivity contribution in [1.29, 1.82) is 0 Å². The van der Waals surface area contributed by atoms with E-state index in [-0.39, 0.29) is 18.3 Å². The van der Waals surface area contributed by atoms with Gasteiger partial charge in [-0.05, 0) is 51.4 Å². The number of nitrogens with two attached hydrogens (primary N) is 3. The molecule has 1 heterocycles. The smallest absolute Gasteiger partial charge is 0.372 e. The Kier molecular flexibility index (Phi) is 29.7. The molecule has 0 aromatic heterocycles. The molecule has 0 fully saturated rings. The van der Waals surface area contributed by atoms with E-state index in [2.05, 4.69) is 4.99 Å². The molecule has 1 atom stereocenters. The average molecular weight is 469 g/mol. The van der Waals surface area contributed by atoms with Crippen LogP contribution >= 0.6 is 0 Å². The highest BCUT2D eigenvalue weighted by atomic mass is 16.4. The van der Waals surface area contributed by atoms with Crippen molar-refractivity contribution in [3.05, 3.63) is 0 Å². The number of aliphatic carboxylic acids is 4. The van der Waals surface area contributed by atoms with Crippen molar-refractivity contribution in [2.45, 2.75) is 57.4 Å². The van der Waals surface area contributed by atoms with E-state index in [0.29, 0.717) is 0 Å².